The third-order valence-electron chi connectivity index (χ3n) is 3.02. The molecule has 0 aliphatic rings. The quantitative estimate of drug-likeness (QED) is 0.702. The molecule has 0 radical (unpaired) electrons. The Bertz CT molecular complexity index is 517. The van der Waals surface area contributed by atoms with E-state index in [9.17, 15) is 13.2 Å². The number of furan rings is 1. The molecule has 0 aliphatic heterocycles. The van der Waals surface area contributed by atoms with Crippen LogP contribution in [-0.4, -0.2) is 5.38 Å². The predicted molar refractivity (Wildman–Crippen MR) is 71.8 cm³/mol. The molecule has 1 unspecified atom stereocenters. The fourth-order valence-corrected chi connectivity index (χ4v) is 2.23. The number of aryl methyl sites for hydroxylation is 1. The van der Waals surface area contributed by atoms with E-state index < -0.39 is 11.7 Å². The lowest BCUT2D eigenvalue weighted by molar-refractivity contribution is -0.137. The molecule has 0 saturated heterocycles. The summed E-state index contributed by atoms with van der Waals surface area (Å²) in [6, 6.07) is 8.82. The molecular weight excluding hydrogens is 289 g/mol. The largest absolute Gasteiger partial charge is 0.469 e. The minimum atomic E-state index is -4.29. The molecule has 1 nitrogen and oxygen atoms in total. The maximum absolute atomic E-state index is 12.4. The molecule has 1 aromatic carbocycles. The molecule has 108 valence electrons. The molecule has 0 aliphatic carbocycles. The summed E-state index contributed by atoms with van der Waals surface area (Å²) in [4.78, 5) is 0. The highest BCUT2D eigenvalue weighted by molar-refractivity contribution is 6.20. The van der Waals surface area contributed by atoms with Crippen LogP contribution in [-0.2, 0) is 19.0 Å². The molecule has 0 bridgehead atoms. The second-order valence-electron chi connectivity index (χ2n) is 4.61. The zero-order chi connectivity index (χ0) is 14.6. The van der Waals surface area contributed by atoms with E-state index in [0.717, 1.165) is 36.3 Å². The number of alkyl halides is 4. The summed E-state index contributed by atoms with van der Waals surface area (Å²) < 4.78 is 42.5. The van der Waals surface area contributed by atoms with Crippen LogP contribution in [0.25, 0.3) is 0 Å². The molecule has 0 spiro atoms. The van der Waals surface area contributed by atoms with Gasteiger partial charge in [0.1, 0.15) is 5.76 Å². The van der Waals surface area contributed by atoms with Gasteiger partial charge in [-0.15, -0.1) is 11.6 Å². The van der Waals surface area contributed by atoms with Crippen LogP contribution in [0.4, 0.5) is 13.2 Å². The van der Waals surface area contributed by atoms with Crippen molar-refractivity contribution in [2.24, 2.45) is 0 Å². The van der Waals surface area contributed by atoms with Crippen LogP contribution in [0.1, 0.15) is 23.3 Å². The standard InChI is InChI=1S/C15H14ClF3O/c16-13(7-8-14-2-1-9-20-14)10-11-3-5-12(6-4-11)15(17,18)19/h1-6,9,13H,7-8,10H2. The molecular formula is C15H14ClF3O. The first-order valence-electron chi connectivity index (χ1n) is 6.28. The summed E-state index contributed by atoms with van der Waals surface area (Å²) in [5.74, 6) is 0.864. The number of hydrogen-bond donors (Lipinski definition) is 0. The average molecular weight is 303 g/mol. The zero-order valence-electron chi connectivity index (χ0n) is 10.7. The van der Waals surface area contributed by atoms with Crippen molar-refractivity contribution in [1.29, 1.82) is 0 Å². The van der Waals surface area contributed by atoms with Gasteiger partial charge in [-0.05, 0) is 42.7 Å². The van der Waals surface area contributed by atoms with Gasteiger partial charge in [0.2, 0.25) is 0 Å². The molecule has 0 amide bonds. The van der Waals surface area contributed by atoms with Crippen molar-refractivity contribution in [2.75, 3.05) is 0 Å². The van der Waals surface area contributed by atoms with Gasteiger partial charge in [0.25, 0.3) is 0 Å². The second kappa shape index (κ2) is 6.35. The molecule has 2 rings (SSSR count). The smallest absolute Gasteiger partial charge is 0.416 e. The van der Waals surface area contributed by atoms with Crippen LogP contribution < -0.4 is 0 Å². The Morgan fingerprint density at radius 3 is 2.35 bits per heavy atom. The lowest BCUT2D eigenvalue weighted by Crippen LogP contribution is -2.07. The lowest BCUT2D eigenvalue weighted by atomic mass is 10.0. The summed E-state index contributed by atoms with van der Waals surface area (Å²) in [7, 11) is 0. The Balaban J connectivity index is 1.86. The van der Waals surface area contributed by atoms with Crippen LogP contribution in [0.2, 0.25) is 0 Å². The molecule has 1 atom stereocenters. The average Bonchev–Trinajstić information content (AvgIpc) is 2.89. The van der Waals surface area contributed by atoms with Gasteiger partial charge in [-0.2, -0.15) is 13.2 Å². The van der Waals surface area contributed by atoms with E-state index in [1.54, 1.807) is 6.26 Å². The predicted octanol–water partition coefficient (Wildman–Crippen LogP) is 5.08. The van der Waals surface area contributed by atoms with Crippen molar-refractivity contribution in [3.8, 4) is 0 Å². The maximum atomic E-state index is 12.4. The van der Waals surface area contributed by atoms with E-state index in [1.165, 1.54) is 12.1 Å². The van der Waals surface area contributed by atoms with Gasteiger partial charge in [0.05, 0.1) is 11.8 Å². The van der Waals surface area contributed by atoms with Crippen molar-refractivity contribution >= 4 is 11.6 Å². The molecule has 0 fully saturated rings. The normalized spacial score (nSPS) is 13.4. The summed E-state index contributed by atoms with van der Waals surface area (Å²) in [6.45, 7) is 0. The minimum Gasteiger partial charge on any atom is -0.469 e. The maximum Gasteiger partial charge on any atom is 0.416 e. The highest BCUT2D eigenvalue weighted by Crippen LogP contribution is 2.29. The minimum absolute atomic E-state index is 0.128. The van der Waals surface area contributed by atoms with Crippen LogP contribution in [0, 0.1) is 0 Å². The summed E-state index contributed by atoms with van der Waals surface area (Å²) in [5, 5.41) is -0.128. The molecule has 2 aromatic rings. The second-order valence-corrected chi connectivity index (χ2v) is 5.23. The zero-order valence-corrected chi connectivity index (χ0v) is 11.4. The topological polar surface area (TPSA) is 13.1 Å². The SMILES string of the molecule is FC(F)(F)c1ccc(CC(Cl)CCc2ccco2)cc1. The lowest BCUT2D eigenvalue weighted by Gasteiger charge is -2.10. The van der Waals surface area contributed by atoms with Gasteiger partial charge < -0.3 is 4.42 Å². The summed E-state index contributed by atoms with van der Waals surface area (Å²) in [6.07, 6.45) is -0.703. The van der Waals surface area contributed by atoms with Crippen molar-refractivity contribution in [1.82, 2.24) is 0 Å². The van der Waals surface area contributed by atoms with Gasteiger partial charge in [0.15, 0.2) is 0 Å². The van der Waals surface area contributed by atoms with E-state index in [2.05, 4.69) is 0 Å². The summed E-state index contributed by atoms with van der Waals surface area (Å²) in [5.41, 5.74) is 0.167. The van der Waals surface area contributed by atoms with Gasteiger partial charge in [-0.25, -0.2) is 0 Å². The van der Waals surface area contributed by atoms with Gasteiger partial charge >= 0.3 is 6.18 Å². The van der Waals surface area contributed by atoms with Crippen LogP contribution >= 0.6 is 11.6 Å². The number of hydrogen-bond acceptors (Lipinski definition) is 1. The Kier molecular flexibility index (Phi) is 4.76. The molecule has 1 heterocycles. The first-order chi connectivity index (χ1) is 9.45. The Hall–Kier alpha value is -1.42. The Morgan fingerprint density at radius 2 is 1.80 bits per heavy atom. The third kappa shape index (κ3) is 4.30. The van der Waals surface area contributed by atoms with Crippen molar-refractivity contribution in [3.63, 3.8) is 0 Å². The van der Waals surface area contributed by atoms with Crippen LogP contribution in [0.3, 0.4) is 0 Å². The van der Waals surface area contributed by atoms with Gasteiger partial charge in [-0.1, -0.05) is 12.1 Å². The Morgan fingerprint density at radius 1 is 1.10 bits per heavy atom. The van der Waals surface area contributed by atoms with E-state index in [4.69, 9.17) is 16.0 Å². The fourth-order valence-electron chi connectivity index (χ4n) is 1.94. The third-order valence-corrected chi connectivity index (χ3v) is 3.40. The Labute approximate surface area is 120 Å². The number of halogens is 4. The number of rotatable bonds is 5. The molecule has 0 saturated carbocycles. The van der Waals surface area contributed by atoms with E-state index in [1.807, 2.05) is 12.1 Å². The molecule has 5 heteroatoms. The highest BCUT2D eigenvalue weighted by atomic mass is 35.5. The molecule has 1 aromatic heterocycles. The van der Waals surface area contributed by atoms with Crippen molar-refractivity contribution < 1.29 is 17.6 Å². The first-order valence-corrected chi connectivity index (χ1v) is 6.71. The molecule has 20 heavy (non-hydrogen) atoms. The van der Waals surface area contributed by atoms with Gasteiger partial charge in [-0.3, -0.25) is 0 Å². The van der Waals surface area contributed by atoms with Crippen molar-refractivity contribution in [2.45, 2.75) is 30.8 Å². The highest BCUT2D eigenvalue weighted by Gasteiger charge is 2.29. The fraction of sp³-hybridized carbons (Fsp3) is 0.333. The number of benzene rings is 1. The first kappa shape index (κ1) is 15.0. The summed E-state index contributed by atoms with van der Waals surface area (Å²) >= 11 is 6.20. The van der Waals surface area contributed by atoms with E-state index >= 15 is 0 Å². The van der Waals surface area contributed by atoms with Crippen LogP contribution in [0.5, 0.6) is 0 Å². The van der Waals surface area contributed by atoms with Gasteiger partial charge in [0, 0.05) is 11.8 Å². The van der Waals surface area contributed by atoms with E-state index in [0.29, 0.717) is 6.42 Å². The van der Waals surface area contributed by atoms with E-state index in [-0.39, 0.29) is 5.38 Å². The monoisotopic (exact) mass is 302 g/mol. The van der Waals surface area contributed by atoms with Crippen LogP contribution in [0.15, 0.2) is 47.1 Å². The van der Waals surface area contributed by atoms with Crippen molar-refractivity contribution in [3.05, 3.63) is 59.5 Å². The molecule has 0 N–H and O–H groups in total.